The van der Waals surface area contributed by atoms with Gasteiger partial charge in [0.05, 0.1) is 0 Å². The van der Waals surface area contributed by atoms with Gasteiger partial charge in [-0.3, -0.25) is 0 Å². The van der Waals surface area contributed by atoms with Crippen molar-refractivity contribution in [2.75, 3.05) is 0 Å². The summed E-state index contributed by atoms with van der Waals surface area (Å²) in [6, 6.07) is 12.3. The first-order valence-corrected chi connectivity index (χ1v) is 8.46. The van der Waals surface area contributed by atoms with E-state index in [0.717, 1.165) is 23.8 Å². The fraction of sp³-hybridized carbons (Fsp3) is 0.684. The fourth-order valence-corrected chi connectivity index (χ4v) is 3.52. The van der Waals surface area contributed by atoms with Gasteiger partial charge >= 0.3 is 0 Å². The Hall–Kier alpha value is -0.820. The average molecular weight is 273 g/mol. The monoisotopic (exact) mass is 273 g/mol. The molecule has 0 heterocycles. The van der Waals surface area contributed by atoms with E-state index in [-0.39, 0.29) is 0 Å². The summed E-state index contributed by atoms with van der Waals surface area (Å²) in [7, 11) is 0. The molecular formula is C19H31N. The smallest absolute Gasteiger partial charge is 0.0350 e. The minimum absolute atomic E-state index is 0.532. The normalized spacial score (nSPS) is 23.9. The van der Waals surface area contributed by atoms with Crippen molar-refractivity contribution in [3.8, 4) is 0 Å². The van der Waals surface area contributed by atoms with Gasteiger partial charge in [0.1, 0.15) is 0 Å². The summed E-state index contributed by atoms with van der Waals surface area (Å²) in [5, 5.41) is 3.96. The summed E-state index contributed by atoms with van der Waals surface area (Å²) >= 11 is 0. The number of rotatable bonds is 7. The Morgan fingerprint density at radius 3 is 2.15 bits per heavy atom. The van der Waals surface area contributed by atoms with Crippen molar-refractivity contribution in [2.24, 2.45) is 17.8 Å². The molecule has 1 N–H and O–H groups in total. The molecule has 0 bridgehead atoms. The Balaban J connectivity index is 2.01. The van der Waals surface area contributed by atoms with Crippen LogP contribution in [-0.2, 0) is 0 Å². The third kappa shape index (κ3) is 3.63. The second-order valence-corrected chi connectivity index (χ2v) is 6.80. The maximum absolute atomic E-state index is 3.96. The summed E-state index contributed by atoms with van der Waals surface area (Å²) in [4.78, 5) is 0. The van der Waals surface area contributed by atoms with Crippen LogP contribution < -0.4 is 5.32 Å². The summed E-state index contributed by atoms with van der Waals surface area (Å²) < 4.78 is 0. The van der Waals surface area contributed by atoms with E-state index < -0.39 is 0 Å². The van der Waals surface area contributed by atoms with E-state index in [2.05, 4.69) is 63.3 Å². The molecule has 0 aliphatic heterocycles. The Morgan fingerprint density at radius 2 is 1.65 bits per heavy atom. The molecule has 1 unspecified atom stereocenters. The van der Waals surface area contributed by atoms with Crippen LogP contribution in [0.2, 0.25) is 0 Å². The van der Waals surface area contributed by atoms with Crippen LogP contribution in [0.3, 0.4) is 0 Å². The predicted molar refractivity (Wildman–Crippen MR) is 87.7 cm³/mol. The zero-order valence-electron chi connectivity index (χ0n) is 13.6. The lowest BCUT2D eigenvalue weighted by Gasteiger charge is -2.42. The van der Waals surface area contributed by atoms with Gasteiger partial charge in [-0.2, -0.15) is 0 Å². The van der Waals surface area contributed by atoms with Gasteiger partial charge in [0.25, 0.3) is 0 Å². The number of benzene rings is 1. The van der Waals surface area contributed by atoms with Crippen LogP contribution in [0.5, 0.6) is 0 Å². The van der Waals surface area contributed by atoms with Crippen LogP contribution >= 0.6 is 0 Å². The standard InChI is InChI=1S/C19H31N/c1-5-15(6-2)19(16-10-8-7-9-11-16)20-18-12-17(13-18)14(3)4/h7-11,14-15,17-20H,5-6,12-13H2,1-4H3. The molecule has 20 heavy (non-hydrogen) atoms. The topological polar surface area (TPSA) is 12.0 Å². The summed E-state index contributed by atoms with van der Waals surface area (Å²) in [5.41, 5.74) is 1.47. The minimum Gasteiger partial charge on any atom is -0.307 e. The Bertz CT molecular complexity index is 374. The minimum atomic E-state index is 0.532. The van der Waals surface area contributed by atoms with Gasteiger partial charge in [-0.25, -0.2) is 0 Å². The first kappa shape index (κ1) is 15.6. The zero-order valence-corrected chi connectivity index (χ0v) is 13.6. The van der Waals surface area contributed by atoms with Gasteiger partial charge in [0.2, 0.25) is 0 Å². The van der Waals surface area contributed by atoms with E-state index in [0.29, 0.717) is 6.04 Å². The molecule has 1 nitrogen and oxygen atoms in total. The quantitative estimate of drug-likeness (QED) is 0.721. The average Bonchev–Trinajstić information content (AvgIpc) is 2.41. The Kier molecular flexibility index (Phi) is 5.65. The molecule has 1 aromatic carbocycles. The van der Waals surface area contributed by atoms with Gasteiger partial charge < -0.3 is 5.32 Å². The van der Waals surface area contributed by atoms with Crippen molar-refractivity contribution in [3.05, 3.63) is 35.9 Å². The van der Waals surface area contributed by atoms with Gasteiger partial charge in [0, 0.05) is 12.1 Å². The molecular weight excluding hydrogens is 242 g/mol. The van der Waals surface area contributed by atoms with E-state index in [1.807, 2.05) is 0 Å². The lowest BCUT2D eigenvalue weighted by molar-refractivity contribution is 0.143. The molecule has 1 fully saturated rings. The van der Waals surface area contributed by atoms with Crippen molar-refractivity contribution in [1.29, 1.82) is 0 Å². The van der Waals surface area contributed by atoms with E-state index in [4.69, 9.17) is 0 Å². The second kappa shape index (κ2) is 7.26. The molecule has 0 aromatic heterocycles. The van der Waals surface area contributed by atoms with Gasteiger partial charge in [-0.1, -0.05) is 70.9 Å². The maximum atomic E-state index is 3.96. The van der Waals surface area contributed by atoms with Crippen LogP contribution in [0.1, 0.15) is 65.0 Å². The molecule has 0 spiro atoms. The predicted octanol–water partition coefficient (Wildman–Crippen LogP) is 5.19. The first-order chi connectivity index (χ1) is 9.65. The molecule has 0 amide bonds. The highest BCUT2D eigenvalue weighted by atomic mass is 15.0. The number of hydrogen-bond acceptors (Lipinski definition) is 1. The zero-order chi connectivity index (χ0) is 14.5. The SMILES string of the molecule is CCC(CC)C(NC1CC(C(C)C)C1)c1ccccc1. The maximum Gasteiger partial charge on any atom is 0.0350 e. The van der Waals surface area contributed by atoms with Crippen LogP contribution in [-0.4, -0.2) is 6.04 Å². The molecule has 0 radical (unpaired) electrons. The Labute approximate surface area is 125 Å². The second-order valence-electron chi connectivity index (χ2n) is 6.80. The first-order valence-electron chi connectivity index (χ1n) is 8.46. The third-order valence-electron chi connectivity index (χ3n) is 5.21. The number of nitrogens with one attached hydrogen (secondary N) is 1. The van der Waals surface area contributed by atoms with Crippen molar-refractivity contribution < 1.29 is 0 Å². The molecule has 1 saturated carbocycles. The van der Waals surface area contributed by atoms with Crippen LogP contribution in [0.15, 0.2) is 30.3 Å². The van der Waals surface area contributed by atoms with Crippen molar-refractivity contribution in [3.63, 3.8) is 0 Å². The molecule has 1 heteroatoms. The lowest BCUT2D eigenvalue weighted by Crippen LogP contribution is -2.46. The van der Waals surface area contributed by atoms with E-state index in [9.17, 15) is 0 Å². The number of hydrogen-bond donors (Lipinski definition) is 1. The molecule has 112 valence electrons. The summed E-state index contributed by atoms with van der Waals surface area (Å²) in [6.45, 7) is 9.36. The van der Waals surface area contributed by atoms with Gasteiger partial charge in [-0.15, -0.1) is 0 Å². The molecule has 2 rings (SSSR count). The molecule has 1 aliphatic rings. The molecule has 0 saturated heterocycles. The highest BCUT2D eigenvalue weighted by Gasteiger charge is 2.33. The molecule has 1 atom stereocenters. The summed E-state index contributed by atoms with van der Waals surface area (Å²) in [5.74, 6) is 2.53. The van der Waals surface area contributed by atoms with Gasteiger partial charge in [0.15, 0.2) is 0 Å². The fourth-order valence-electron chi connectivity index (χ4n) is 3.52. The lowest BCUT2D eigenvalue weighted by atomic mass is 9.73. The van der Waals surface area contributed by atoms with Crippen molar-refractivity contribution in [1.82, 2.24) is 5.32 Å². The highest BCUT2D eigenvalue weighted by Crippen LogP contribution is 2.37. The van der Waals surface area contributed by atoms with E-state index in [1.165, 1.54) is 31.2 Å². The van der Waals surface area contributed by atoms with Crippen LogP contribution in [0.4, 0.5) is 0 Å². The van der Waals surface area contributed by atoms with E-state index in [1.54, 1.807) is 0 Å². The van der Waals surface area contributed by atoms with Crippen molar-refractivity contribution >= 4 is 0 Å². The highest BCUT2D eigenvalue weighted by molar-refractivity contribution is 5.20. The van der Waals surface area contributed by atoms with Crippen molar-refractivity contribution in [2.45, 2.75) is 65.5 Å². The molecule has 1 aliphatic carbocycles. The third-order valence-corrected chi connectivity index (χ3v) is 5.21. The largest absolute Gasteiger partial charge is 0.307 e. The van der Waals surface area contributed by atoms with E-state index >= 15 is 0 Å². The molecule has 1 aromatic rings. The van der Waals surface area contributed by atoms with Gasteiger partial charge in [-0.05, 0) is 36.2 Å². The van der Waals surface area contributed by atoms with Crippen LogP contribution in [0.25, 0.3) is 0 Å². The Morgan fingerprint density at radius 1 is 1.05 bits per heavy atom. The summed E-state index contributed by atoms with van der Waals surface area (Å²) in [6.07, 6.45) is 5.23. The van der Waals surface area contributed by atoms with Crippen LogP contribution in [0, 0.1) is 17.8 Å².